The van der Waals surface area contributed by atoms with Gasteiger partial charge < -0.3 is 10.6 Å². The first-order valence-corrected chi connectivity index (χ1v) is 18.5. The fraction of sp³-hybridized carbons (Fsp3) is 0.575. The first-order valence-electron chi connectivity index (χ1n) is 18.5. The number of nitrogens with two attached hydrogens (primary N) is 1. The van der Waals surface area contributed by atoms with Gasteiger partial charge in [-0.1, -0.05) is 53.7 Å². The Labute approximate surface area is 291 Å². The molecule has 4 atom stereocenters. The molecule has 3 amide bonds. The van der Waals surface area contributed by atoms with Gasteiger partial charge in [0, 0.05) is 41.9 Å². The van der Waals surface area contributed by atoms with Gasteiger partial charge in [-0.2, -0.15) is 0 Å². The lowest BCUT2D eigenvalue weighted by Crippen LogP contribution is -2.60. The normalized spacial score (nSPS) is 22.3. The summed E-state index contributed by atoms with van der Waals surface area (Å²) in [5.74, 6) is -1.11. The first-order chi connectivity index (χ1) is 23.5. The molecule has 264 valence electrons. The number of Topliss-reactive ketones (excluding diaryl/α,β-unsaturated/α-hetero) is 1. The van der Waals surface area contributed by atoms with E-state index in [1.165, 1.54) is 29.9 Å². The molecule has 3 aliphatic rings. The average molecular weight is 671 g/mol. The second-order valence-electron chi connectivity index (χ2n) is 14.5. The van der Waals surface area contributed by atoms with Crippen LogP contribution >= 0.6 is 0 Å². The van der Waals surface area contributed by atoms with Crippen molar-refractivity contribution in [3.05, 3.63) is 69.8 Å². The molecule has 4 unspecified atom stereocenters. The SMILES string of the molecule is CCC1C(CC)N1CCCC(C)CN1C(=O)c2ccc(C(=O)c3ccc4c(c3)C(=O)C(CC)(CC)N(CC(C)CCCN)C4=O)cc2C1=O. The lowest BCUT2D eigenvalue weighted by Gasteiger charge is -2.46. The van der Waals surface area contributed by atoms with Crippen molar-refractivity contribution in [2.75, 3.05) is 26.2 Å². The van der Waals surface area contributed by atoms with Crippen LogP contribution in [0.5, 0.6) is 0 Å². The quantitative estimate of drug-likeness (QED) is 0.118. The number of nitrogens with zero attached hydrogens (tertiary/aromatic N) is 3. The topological polar surface area (TPSA) is 121 Å². The standard InChI is InChI=1S/C40H54N4O5/c1-7-33-34(8-2)42(33)20-12-14-25(5)23-43-37(47)30-18-16-28(22-32(30)38(43)48)35(45)27-15-17-29-31(21-27)36(46)40(9-3,10-4)44(39(29)49)24-26(6)13-11-19-41/h15-18,21-22,25-26,33-34H,7-14,19-20,23-24,41H2,1-6H3. The highest BCUT2D eigenvalue weighted by Crippen LogP contribution is 2.38. The number of amides is 3. The maximum atomic E-state index is 14.2. The van der Waals surface area contributed by atoms with Crippen LogP contribution in [0.15, 0.2) is 36.4 Å². The Bertz CT molecular complexity index is 1600. The van der Waals surface area contributed by atoms with Crippen LogP contribution in [-0.4, -0.2) is 87.8 Å². The smallest absolute Gasteiger partial charge is 0.261 e. The van der Waals surface area contributed by atoms with E-state index < -0.39 is 5.54 Å². The summed E-state index contributed by atoms with van der Waals surface area (Å²) in [5.41, 5.74) is 6.32. The Morgan fingerprint density at radius 3 is 1.84 bits per heavy atom. The highest BCUT2D eigenvalue weighted by molar-refractivity contribution is 6.23. The van der Waals surface area contributed by atoms with Gasteiger partial charge in [-0.3, -0.25) is 33.8 Å². The molecule has 0 saturated carbocycles. The predicted octanol–water partition coefficient (Wildman–Crippen LogP) is 6.38. The Balaban J connectivity index is 1.30. The van der Waals surface area contributed by atoms with E-state index in [4.69, 9.17) is 5.73 Å². The Morgan fingerprint density at radius 1 is 0.735 bits per heavy atom. The van der Waals surface area contributed by atoms with Crippen LogP contribution in [0.4, 0.5) is 0 Å². The number of fused-ring (bicyclic) bond motifs is 2. The molecular formula is C40H54N4O5. The van der Waals surface area contributed by atoms with E-state index in [0.29, 0.717) is 55.7 Å². The summed E-state index contributed by atoms with van der Waals surface area (Å²) < 4.78 is 0. The minimum atomic E-state index is -0.991. The third-order valence-corrected chi connectivity index (χ3v) is 11.4. The van der Waals surface area contributed by atoms with Crippen molar-refractivity contribution in [1.82, 2.24) is 14.7 Å². The van der Waals surface area contributed by atoms with Crippen molar-refractivity contribution in [2.45, 2.75) is 111 Å². The van der Waals surface area contributed by atoms with E-state index in [1.54, 1.807) is 29.2 Å². The second-order valence-corrected chi connectivity index (χ2v) is 14.5. The molecule has 3 heterocycles. The zero-order valence-electron chi connectivity index (χ0n) is 30.2. The van der Waals surface area contributed by atoms with Crippen molar-refractivity contribution in [3.63, 3.8) is 0 Å². The first kappa shape index (κ1) is 36.6. The van der Waals surface area contributed by atoms with Gasteiger partial charge in [0.2, 0.25) is 0 Å². The molecule has 49 heavy (non-hydrogen) atoms. The van der Waals surface area contributed by atoms with Gasteiger partial charge in [0.1, 0.15) is 5.54 Å². The maximum Gasteiger partial charge on any atom is 0.261 e. The van der Waals surface area contributed by atoms with E-state index in [1.807, 2.05) is 13.8 Å². The Hall–Kier alpha value is -3.69. The molecule has 0 spiro atoms. The molecule has 0 bridgehead atoms. The lowest BCUT2D eigenvalue weighted by atomic mass is 9.76. The van der Waals surface area contributed by atoms with Crippen LogP contribution < -0.4 is 5.73 Å². The number of hydrogen-bond donors (Lipinski definition) is 1. The fourth-order valence-corrected chi connectivity index (χ4v) is 8.38. The number of carbonyl (C=O) groups is 5. The molecule has 9 nitrogen and oxygen atoms in total. The summed E-state index contributed by atoms with van der Waals surface area (Å²) in [6.45, 7) is 14.9. The van der Waals surface area contributed by atoms with Gasteiger partial charge in [0.25, 0.3) is 17.7 Å². The number of hydrogen-bond acceptors (Lipinski definition) is 7. The van der Waals surface area contributed by atoms with Crippen molar-refractivity contribution in [1.29, 1.82) is 0 Å². The molecular weight excluding hydrogens is 616 g/mol. The number of imide groups is 1. The highest BCUT2D eigenvalue weighted by Gasteiger charge is 2.49. The zero-order valence-corrected chi connectivity index (χ0v) is 30.2. The molecule has 1 saturated heterocycles. The summed E-state index contributed by atoms with van der Waals surface area (Å²) >= 11 is 0. The number of ketones is 2. The lowest BCUT2D eigenvalue weighted by molar-refractivity contribution is 0.0295. The van der Waals surface area contributed by atoms with Crippen LogP contribution in [0.1, 0.15) is 150 Å². The summed E-state index contributed by atoms with van der Waals surface area (Å²) in [7, 11) is 0. The fourth-order valence-electron chi connectivity index (χ4n) is 8.38. The molecule has 3 aliphatic heterocycles. The van der Waals surface area contributed by atoms with E-state index in [2.05, 4.69) is 32.6 Å². The van der Waals surface area contributed by atoms with Crippen LogP contribution in [0.3, 0.4) is 0 Å². The molecule has 2 N–H and O–H groups in total. The van der Waals surface area contributed by atoms with Gasteiger partial charge in [0.15, 0.2) is 11.6 Å². The molecule has 0 aromatic heterocycles. The van der Waals surface area contributed by atoms with Crippen LogP contribution in [0.2, 0.25) is 0 Å². The minimum Gasteiger partial charge on any atom is -0.330 e. The van der Waals surface area contributed by atoms with Crippen molar-refractivity contribution in [2.24, 2.45) is 17.6 Å². The zero-order chi connectivity index (χ0) is 35.6. The predicted molar refractivity (Wildman–Crippen MR) is 191 cm³/mol. The molecule has 0 aliphatic carbocycles. The molecule has 2 aromatic rings. The second kappa shape index (κ2) is 15.1. The van der Waals surface area contributed by atoms with E-state index in [0.717, 1.165) is 32.2 Å². The van der Waals surface area contributed by atoms with Gasteiger partial charge >= 0.3 is 0 Å². The largest absolute Gasteiger partial charge is 0.330 e. The molecule has 0 radical (unpaired) electrons. The number of rotatable bonds is 17. The maximum absolute atomic E-state index is 14.2. The molecule has 2 aromatic carbocycles. The van der Waals surface area contributed by atoms with Gasteiger partial charge in [-0.15, -0.1) is 0 Å². The third-order valence-electron chi connectivity index (χ3n) is 11.4. The average Bonchev–Trinajstić information content (AvgIpc) is 3.76. The summed E-state index contributed by atoms with van der Waals surface area (Å²) in [6, 6.07) is 10.7. The summed E-state index contributed by atoms with van der Waals surface area (Å²) in [6.07, 6.45) is 6.92. The molecule has 5 rings (SSSR count). The van der Waals surface area contributed by atoms with E-state index in [9.17, 15) is 24.0 Å². The van der Waals surface area contributed by atoms with Crippen molar-refractivity contribution in [3.8, 4) is 0 Å². The Morgan fingerprint density at radius 2 is 1.27 bits per heavy atom. The minimum absolute atomic E-state index is 0.155. The summed E-state index contributed by atoms with van der Waals surface area (Å²) in [4.78, 5) is 74.2. The van der Waals surface area contributed by atoms with E-state index >= 15 is 0 Å². The summed E-state index contributed by atoms with van der Waals surface area (Å²) in [5, 5.41) is 0. The van der Waals surface area contributed by atoms with Crippen molar-refractivity contribution >= 4 is 29.3 Å². The number of carbonyl (C=O) groups excluding carboxylic acids is 5. The van der Waals surface area contributed by atoms with Crippen LogP contribution in [-0.2, 0) is 0 Å². The van der Waals surface area contributed by atoms with Gasteiger partial charge in [-0.05, 0) is 101 Å². The monoisotopic (exact) mass is 670 g/mol. The molecule has 1 fully saturated rings. The highest BCUT2D eigenvalue weighted by atomic mass is 16.2. The number of benzene rings is 2. The van der Waals surface area contributed by atoms with Gasteiger partial charge in [0.05, 0.1) is 16.7 Å². The van der Waals surface area contributed by atoms with E-state index in [-0.39, 0.29) is 63.4 Å². The third kappa shape index (κ3) is 6.76. The van der Waals surface area contributed by atoms with Gasteiger partial charge in [-0.25, -0.2) is 0 Å². The van der Waals surface area contributed by atoms with Crippen molar-refractivity contribution < 1.29 is 24.0 Å². The van der Waals surface area contributed by atoms with Crippen LogP contribution in [0.25, 0.3) is 0 Å². The Kier molecular flexibility index (Phi) is 11.2. The van der Waals surface area contributed by atoms with Crippen LogP contribution in [0, 0.1) is 11.8 Å². The molecule has 9 heteroatoms.